The fourth-order valence-corrected chi connectivity index (χ4v) is 2.26. The van der Waals surface area contributed by atoms with Gasteiger partial charge in [0.25, 0.3) is 0 Å². The van der Waals surface area contributed by atoms with Crippen molar-refractivity contribution in [1.82, 2.24) is 0 Å². The van der Waals surface area contributed by atoms with Gasteiger partial charge >= 0.3 is 11.9 Å². The van der Waals surface area contributed by atoms with Crippen molar-refractivity contribution < 1.29 is 29.6 Å². The monoisotopic (exact) mass is 325 g/mol. The molecule has 1 aromatic carbocycles. The van der Waals surface area contributed by atoms with E-state index in [1.165, 1.54) is 18.2 Å². The number of phenolic OH excluding ortho intramolecular Hbond substituents is 2. The van der Waals surface area contributed by atoms with Crippen LogP contribution in [0.5, 0.6) is 11.5 Å². The van der Waals surface area contributed by atoms with Gasteiger partial charge in [-0.1, -0.05) is 19.9 Å². The van der Waals surface area contributed by atoms with Gasteiger partial charge in [0.05, 0.1) is 0 Å². The Hall–Kier alpha value is -2.28. The highest BCUT2D eigenvalue weighted by Gasteiger charge is 2.43. The second-order valence-electron chi connectivity index (χ2n) is 5.68. The van der Waals surface area contributed by atoms with Crippen LogP contribution in [0.15, 0.2) is 18.2 Å². The summed E-state index contributed by atoms with van der Waals surface area (Å²) in [5, 5.41) is 28.4. The fourth-order valence-electron chi connectivity index (χ4n) is 2.26. The minimum atomic E-state index is -1.70. The Morgan fingerprint density at radius 1 is 1.26 bits per heavy atom. The molecule has 128 valence electrons. The number of aliphatic carboxylic acids is 1. The molecule has 0 aliphatic rings. The largest absolute Gasteiger partial charge is 0.504 e. The lowest BCUT2D eigenvalue weighted by molar-refractivity contribution is -0.157. The molecular formula is C16H23NO6. The second kappa shape index (κ2) is 7.32. The molecule has 0 spiro atoms. The van der Waals surface area contributed by atoms with Crippen molar-refractivity contribution in [1.29, 1.82) is 0 Å². The number of ether oxygens (including phenoxy) is 1. The van der Waals surface area contributed by atoms with Crippen LogP contribution >= 0.6 is 0 Å². The summed E-state index contributed by atoms with van der Waals surface area (Å²) in [7, 11) is 0. The Kier molecular flexibility index (Phi) is 5.98. The summed E-state index contributed by atoms with van der Waals surface area (Å²) in [6, 6.07) is 4.00. The van der Waals surface area contributed by atoms with Crippen molar-refractivity contribution in [2.75, 3.05) is 0 Å². The van der Waals surface area contributed by atoms with Crippen LogP contribution in [0.25, 0.3) is 0 Å². The summed E-state index contributed by atoms with van der Waals surface area (Å²) in [4.78, 5) is 23.1. The lowest BCUT2D eigenvalue weighted by Gasteiger charge is -2.34. The van der Waals surface area contributed by atoms with Crippen LogP contribution in [0.3, 0.4) is 0 Å². The quantitative estimate of drug-likeness (QED) is 0.440. The van der Waals surface area contributed by atoms with Gasteiger partial charge in [-0.3, -0.25) is 9.59 Å². The van der Waals surface area contributed by atoms with E-state index in [9.17, 15) is 24.9 Å². The fraction of sp³-hybridized carbons (Fsp3) is 0.500. The summed E-state index contributed by atoms with van der Waals surface area (Å²) in [6.07, 6.45) is -0.590. The Morgan fingerprint density at radius 3 is 2.35 bits per heavy atom. The van der Waals surface area contributed by atoms with Crippen molar-refractivity contribution in [2.24, 2.45) is 11.7 Å². The van der Waals surface area contributed by atoms with E-state index in [1.54, 1.807) is 20.8 Å². The summed E-state index contributed by atoms with van der Waals surface area (Å²) in [5.74, 6) is -3.00. The summed E-state index contributed by atoms with van der Waals surface area (Å²) in [5.41, 5.74) is 4.84. The number of aromatic hydroxyl groups is 2. The van der Waals surface area contributed by atoms with E-state index in [1.807, 2.05) is 0 Å². The first kappa shape index (κ1) is 18.8. The number of carboxylic acid groups (broad SMARTS) is 1. The summed E-state index contributed by atoms with van der Waals surface area (Å²) >= 11 is 0. The molecule has 1 rings (SSSR count). The number of nitrogens with two attached hydrogens (primary N) is 1. The molecule has 0 aliphatic heterocycles. The molecule has 0 radical (unpaired) electrons. The third kappa shape index (κ3) is 4.35. The van der Waals surface area contributed by atoms with Gasteiger partial charge in [-0.25, -0.2) is 0 Å². The smallest absolute Gasteiger partial charge is 0.324 e. The molecule has 0 aliphatic carbocycles. The number of carbonyl (C=O) groups excluding carboxylic acids is 1. The predicted octanol–water partition coefficient (Wildman–Crippen LogP) is 1.40. The van der Waals surface area contributed by atoms with Crippen LogP contribution in [0.1, 0.15) is 32.8 Å². The zero-order chi connectivity index (χ0) is 17.8. The number of phenols is 2. The lowest BCUT2D eigenvalue weighted by atomic mass is 9.78. The molecule has 7 heteroatoms. The van der Waals surface area contributed by atoms with Crippen LogP contribution in [0, 0.1) is 5.92 Å². The number of rotatable bonds is 7. The van der Waals surface area contributed by atoms with Crippen LogP contribution < -0.4 is 5.73 Å². The maximum atomic E-state index is 11.7. The van der Waals surface area contributed by atoms with Crippen molar-refractivity contribution in [2.45, 2.75) is 45.3 Å². The van der Waals surface area contributed by atoms with Gasteiger partial charge in [0.2, 0.25) is 0 Å². The first-order valence-corrected chi connectivity index (χ1v) is 7.34. The van der Waals surface area contributed by atoms with E-state index in [0.29, 0.717) is 5.56 Å². The molecular weight excluding hydrogens is 302 g/mol. The molecule has 0 saturated heterocycles. The molecule has 0 heterocycles. The van der Waals surface area contributed by atoms with Gasteiger partial charge in [-0.05, 0) is 24.6 Å². The average molecular weight is 325 g/mol. The van der Waals surface area contributed by atoms with Gasteiger partial charge in [-0.2, -0.15) is 0 Å². The highest BCUT2D eigenvalue weighted by Crippen LogP contribution is 2.30. The maximum Gasteiger partial charge on any atom is 0.324 e. The summed E-state index contributed by atoms with van der Waals surface area (Å²) in [6.45, 7) is 4.84. The number of carboxylic acids is 1. The molecule has 0 fully saturated rings. The first-order valence-electron chi connectivity index (χ1n) is 7.34. The van der Waals surface area contributed by atoms with E-state index in [4.69, 9.17) is 10.5 Å². The standard InChI is InChI=1S/C16H23NO6/c1-4-14(20)23-10(3)9(2)16(17,15(21)22)8-11-5-6-12(18)13(19)7-11/h5-7,9-10,18-19H,4,8,17H2,1-3H3,(H,21,22)/t9-,10+,16-/m1/s1. The SMILES string of the molecule is CCC(=O)O[C@@H](C)[C@@H](C)[C@](N)(Cc1ccc(O)c(O)c1)C(=O)O. The molecule has 0 aromatic heterocycles. The number of hydrogen-bond acceptors (Lipinski definition) is 6. The number of carbonyl (C=O) groups is 2. The molecule has 0 amide bonds. The van der Waals surface area contributed by atoms with Crippen molar-refractivity contribution in [3.63, 3.8) is 0 Å². The zero-order valence-corrected chi connectivity index (χ0v) is 13.4. The van der Waals surface area contributed by atoms with E-state index in [-0.39, 0.29) is 24.3 Å². The minimum absolute atomic E-state index is 0.0919. The third-order valence-electron chi connectivity index (χ3n) is 4.06. The Labute approximate surface area is 134 Å². The summed E-state index contributed by atoms with van der Waals surface area (Å²) < 4.78 is 5.17. The Bertz CT molecular complexity index is 588. The van der Waals surface area contributed by atoms with Gasteiger partial charge in [0, 0.05) is 18.8 Å². The molecule has 7 nitrogen and oxygen atoms in total. The van der Waals surface area contributed by atoms with Crippen LogP contribution in [0.4, 0.5) is 0 Å². The number of esters is 1. The Balaban J connectivity index is 3.03. The van der Waals surface area contributed by atoms with Gasteiger partial charge in [-0.15, -0.1) is 0 Å². The average Bonchev–Trinajstić information content (AvgIpc) is 2.49. The molecule has 0 saturated carbocycles. The zero-order valence-electron chi connectivity index (χ0n) is 13.4. The van der Waals surface area contributed by atoms with Crippen LogP contribution in [0.2, 0.25) is 0 Å². The second-order valence-corrected chi connectivity index (χ2v) is 5.68. The van der Waals surface area contributed by atoms with Crippen molar-refractivity contribution >= 4 is 11.9 Å². The van der Waals surface area contributed by atoms with E-state index in [0.717, 1.165) is 0 Å². The van der Waals surface area contributed by atoms with Gasteiger partial charge in [0.1, 0.15) is 11.6 Å². The normalized spacial score (nSPS) is 16.2. The topological polar surface area (TPSA) is 130 Å². The predicted molar refractivity (Wildman–Crippen MR) is 83.0 cm³/mol. The van der Waals surface area contributed by atoms with Crippen LogP contribution in [-0.4, -0.2) is 38.9 Å². The molecule has 0 bridgehead atoms. The molecule has 5 N–H and O–H groups in total. The molecule has 23 heavy (non-hydrogen) atoms. The first-order chi connectivity index (χ1) is 10.6. The van der Waals surface area contributed by atoms with E-state index < -0.39 is 29.5 Å². The van der Waals surface area contributed by atoms with Gasteiger partial charge < -0.3 is 25.8 Å². The number of benzene rings is 1. The highest BCUT2D eigenvalue weighted by atomic mass is 16.5. The molecule has 0 unspecified atom stereocenters. The lowest BCUT2D eigenvalue weighted by Crippen LogP contribution is -2.58. The van der Waals surface area contributed by atoms with Crippen molar-refractivity contribution in [3.05, 3.63) is 23.8 Å². The molecule has 3 atom stereocenters. The minimum Gasteiger partial charge on any atom is -0.504 e. The van der Waals surface area contributed by atoms with Crippen LogP contribution in [-0.2, 0) is 20.7 Å². The molecule has 1 aromatic rings. The van der Waals surface area contributed by atoms with E-state index >= 15 is 0 Å². The maximum absolute atomic E-state index is 11.7. The Morgan fingerprint density at radius 2 is 1.87 bits per heavy atom. The van der Waals surface area contributed by atoms with E-state index in [2.05, 4.69) is 0 Å². The van der Waals surface area contributed by atoms with Gasteiger partial charge in [0.15, 0.2) is 11.5 Å². The number of hydrogen-bond donors (Lipinski definition) is 4. The highest BCUT2D eigenvalue weighted by molar-refractivity contribution is 5.79. The third-order valence-corrected chi connectivity index (χ3v) is 4.06. The van der Waals surface area contributed by atoms with Crippen molar-refractivity contribution in [3.8, 4) is 11.5 Å².